The average molecular weight is 378 g/mol. The molecule has 2 aromatic rings. The second kappa shape index (κ2) is 8.44. The highest BCUT2D eigenvalue weighted by molar-refractivity contribution is 5.77. The van der Waals surface area contributed by atoms with Crippen molar-refractivity contribution in [3.63, 3.8) is 0 Å². The quantitative estimate of drug-likeness (QED) is 0.801. The van der Waals surface area contributed by atoms with Gasteiger partial charge in [0.2, 0.25) is 0 Å². The van der Waals surface area contributed by atoms with Crippen molar-refractivity contribution in [3.8, 4) is 0 Å². The van der Waals surface area contributed by atoms with E-state index in [2.05, 4.69) is 28.8 Å². The van der Waals surface area contributed by atoms with E-state index in [1.54, 1.807) is 4.57 Å². The second-order valence-corrected chi connectivity index (χ2v) is 7.30. The third-order valence-corrected chi connectivity index (χ3v) is 5.40. The molecular formula is C20H28F2N4O. The van der Waals surface area contributed by atoms with E-state index in [1.807, 2.05) is 6.92 Å². The molecule has 1 aliphatic rings. The number of hydrogen-bond donors (Lipinski definition) is 0. The molecule has 7 heteroatoms. The van der Waals surface area contributed by atoms with Crippen molar-refractivity contribution < 1.29 is 8.78 Å². The van der Waals surface area contributed by atoms with Gasteiger partial charge in [-0.05, 0) is 39.4 Å². The molecule has 0 bridgehead atoms. The zero-order valence-corrected chi connectivity index (χ0v) is 16.3. The Morgan fingerprint density at radius 3 is 2.56 bits per heavy atom. The molecule has 1 aromatic carbocycles. The molecule has 0 N–H and O–H groups in total. The van der Waals surface area contributed by atoms with E-state index in [-0.39, 0.29) is 22.5 Å². The molecule has 148 valence electrons. The molecule has 1 aromatic heterocycles. The van der Waals surface area contributed by atoms with E-state index in [1.165, 1.54) is 0 Å². The fraction of sp³-hybridized carbons (Fsp3) is 0.600. The van der Waals surface area contributed by atoms with Crippen LogP contribution in [-0.2, 0) is 6.54 Å². The number of likely N-dealkylation sites (N-methyl/N-ethyl adjacent to an activating group) is 1. The van der Waals surface area contributed by atoms with Crippen LogP contribution in [0.5, 0.6) is 0 Å². The minimum atomic E-state index is -1.02. The van der Waals surface area contributed by atoms with E-state index in [0.29, 0.717) is 12.4 Å². The highest BCUT2D eigenvalue weighted by Crippen LogP contribution is 2.27. The average Bonchev–Trinajstić information content (AvgIpc) is 2.86. The molecule has 0 saturated carbocycles. The van der Waals surface area contributed by atoms with Gasteiger partial charge < -0.3 is 4.90 Å². The summed E-state index contributed by atoms with van der Waals surface area (Å²) in [4.78, 5) is 22.3. The van der Waals surface area contributed by atoms with E-state index in [9.17, 15) is 13.6 Å². The monoisotopic (exact) mass is 378 g/mol. The summed E-state index contributed by atoms with van der Waals surface area (Å²) in [5.41, 5.74) is -0.0731. The first-order chi connectivity index (χ1) is 13.0. The maximum atomic E-state index is 13.8. The fourth-order valence-electron chi connectivity index (χ4n) is 3.92. The SMILES string of the molecule is CCC[C@H](c1nc2cc(F)c(F)cc2c(=O)n1CC)N1CCCN(C)CC1. The molecule has 0 unspecified atom stereocenters. The lowest BCUT2D eigenvalue weighted by atomic mass is 10.1. The Balaban J connectivity index is 2.13. The topological polar surface area (TPSA) is 41.4 Å². The Morgan fingerprint density at radius 1 is 1.11 bits per heavy atom. The molecule has 3 rings (SSSR count). The molecule has 0 aliphatic carbocycles. The van der Waals surface area contributed by atoms with Crippen LogP contribution >= 0.6 is 0 Å². The highest BCUT2D eigenvalue weighted by atomic mass is 19.2. The van der Waals surface area contributed by atoms with Gasteiger partial charge >= 0.3 is 0 Å². The zero-order valence-electron chi connectivity index (χ0n) is 16.3. The van der Waals surface area contributed by atoms with Crippen LogP contribution in [0.1, 0.15) is 45.0 Å². The number of hydrogen-bond acceptors (Lipinski definition) is 4. The van der Waals surface area contributed by atoms with Crippen molar-refractivity contribution in [3.05, 3.63) is 39.9 Å². The van der Waals surface area contributed by atoms with Crippen LogP contribution in [0.25, 0.3) is 10.9 Å². The standard InChI is InChI=1S/C20H28F2N4O/c1-4-7-18(25-9-6-8-24(3)10-11-25)19-23-17-13-16(22)15(21)12-14(17)20(27)26(19)5-2/h12-13,18H,4-11H2,1-3H3/t18-/m1/s1. The summed E-state index contributed by atoms with van der Waals surface area (Å²) < 4.78 is 29.0. The molecule has 2 heterocycles. The van der Waals surface area contributed by atoms with Crippen LogP contribution in [0, 0.1) is 11.6 Å². The third-order valence-electron chi connectivity index (χ3n) is 5.40. The first-order valence-electron chi connectivity index (χ1n) is 9.78. The zero-order chi connectivity index (χ0) is 19.6. The molecule has 1 saturated heterocycles. The Morgan fingerprint density at radius 2 is 1.85 bits per heavy atom. The largest absolute Gasteiger partial charge is 0.305 e. The fourth-order valence-corrected chi connectivity index (χ4v) is 3.92. The number of benzene rings is 1. The lowest BCUT2D eigenvalue weighted by Crippen LogP contribution is -2.37. The maximum Gasteiger partial charge on any atom is 0.261 e. The first-order valence-corrected chi connectivity index (χ1v) is 9.78. The predicted molar refractivity (Wildman–Crippen MR) is 103 cm³/mol. The van der Waals surface area contributed by atoms with Crippen molar-refractivity contribution in [2.75, 3.05) is 33.2 Å². The number of halogens is 2. The summed E-state index contributed by atoms with van der Waals surface area (Å²) in [6.07, 6.45) is 2.87. The number of nitrogens with zero attached hydrogens (tertiary/aromatic N) is 4. The molecule has 0 amide bonds. The van der Waals surface area contributed by atoms with Gasteiger partial charge in [-0.25, -0.2) is 13.8 Å². The van der Waals surface area contributed by atoms with Crippen LogP contribution in [0.4, 0.5) is 8.78 Å². The van der Waals surface area contributed by atoms with Gasteiger partial charge in [0.05, 0.1) is 16.9 Å². The summed E-state index contributed by atoms with van der Waals surface area (Å²) in [5.74, 6) is -1.33. The minimum Gasteiger partial charge on any atom is -0.305 e. The molecule has 1 aliphatic heterocycles. The van der Waals surface area contributed by atoms with Crippen LogP contribution in [0.2, 0.25) is 0 Å². The summed E-state index contributed by atoms with van der Waals surface area (Å²) in [6.45, 7) is 8.29. The van der Waals surface area contributed by atoms with Gasteiger partial charge in [-0.3, -0.25) is 14.3 Å². The third kappa shape index (κ3) is 4.04. The first kappa shape index (κ1) is 19.9. The molecule has 0 radical (unpaired) electrons. The number of fused-ring (bicyclic) bond motifs is 1. The number of aromatic nitrogens is 2. The molecular weight excluding hydrogens is 350 g/mol. The van der Waals surface area contributed by atoms with E-state index in [0.717, 1.165) is 57.6 Å². The summed E-state index contributed by atoms with van der Waals surface area (Å²) in [6, 6.07) is 1.99. The maximum absolute atomic E-state index is 13.8. The van der Waals surface area contributed by atoms with Crippen molar-refractivity contribution in [1.29, 1.82) is 0 Å². The van der Waals surface area contributed by atoms with Crippen molar-refractivity contribution in [2.24, 2.45) is 0 Å². The van der Waals surface area contributed by atoms with Crippen molar-refractivity contribution in [2.45, 2.75) is 45.7 Å². The Hall–Kier alpha value is -1.86. The van der Waals surface area contributed by atoms with E-state index >= 15 is 0 Å². The van der Waals surface area contributed by atoms with Crippen LogP contribution < -0.4 is 5.56 Å². The Bertz CT molecular complexity index is 867. The molecule has 0 spiro atoms. The smallest absolute Gasteiger partial charge is 0.261 e. The van der Waals surface area contributed by atoms with Gasteiger partial charge in [-0.2, -0.15) is 0 Å². The highest BCUT2D eigenvalue weighted by Gasteiger charge is 2.27. The number of rotatable bonds is 5. The van der Waals surface area contributed by atoms with Gasteiger partial charge in [0.15, 0.2) is 11.6 Å². The van der Waals surface area contributed by atoms with Crippen LogP contribution in [-0.4, -0.2) is 52.6 Å². The normalized spacial score (nSPS) is 18.0. The van der Waals surface area contributed by atoms with Crippen molar-refractivity contribution in [1.82, 2.24) is 19.4 Å². The van der Waals surface area contributed by atoms with Gasteiger partial charge in [0.25, 0.3) is 5.56 Å². The van der Waals surface area contributed by atoms with Gasteiger partial charge in [0.1, 0.15) is 5.82 Å². The summed E-state index contributed by atoms with van der Waals surface area (Å²) >= 11 is 0. The lowest BCUT2D eigenvalue weighted by Gasteiger charge is -2.31. The second-order valence-electron chi connectivity index (χ2n) is 7.30. The van der Waals surface area contributed by atoms with Crippen LogP contribution in [0.3, 0.4) is 0 Å². The van der Waals surface area contributed by atoms with Gasteiger partial charge in [-0.15, -0.1) is 0 Å². The summed E-state index contributed by atoms with van der Waals surface area (Å²) in [5, 5.41) is 0.130. The van der Waals surface area contributed by atoms with Gasteiger partial charge in [-0.1, -0.05) is 13.3 Å². The Kier molecular flexibility index (Phi) is 6.22. The van der Waals surface area contributed by atoms with Gasteiger partial charge in [0, 0.05) is 32.2 Å². The van der Waals surface area contributed by atoms with Crippen LogP contribution in [0.15, 0.2) is 16.9 Å². The lowest BCUT2D eigenvalue weighted by molar-refractivity contribution is 0.180. The Labute approximate surface area is 158 Å². The van der Waals surface area contributed by atoms with E-state index < -0.39 is 11.6 Å². The predicted octanol–water partition coefficient (Wildman–Crippen LogP) is 3.17. The summed E-state index contributed by atoms with van der Waals surface area (Å²) in [7, 11) is 2.12. The molecule has 1 atom stereocenters. The molecule has 27 heavy (non-hydrogen) atoms. The van der Waals surface area contributed by atoms with E-state index in [4.69, 9.17) is 0 Å². The minimum absolute atomic E-state index is 0.00772. The molecule has 1 fully saturated rings. The van der Waals surface area contributed by atoms with Crippen molar-refractivity contribution >= 4 is 10.9 Å². The molecule has 5 nitrogen and oxygen atoms in total.